The number of hydrogen-bond donors (Lipinski definition) is 1. The highest BCUT2D eigenvalue weighted by atomic mass is 35.5. The van der Waals surface area contributed by atoms with E-state index in [0.29, 0.717) is 41.2 Å². The fourth-order valence-electron chi connectivity index (χ4n) is 2.07. The minimum absolute atomic E-state index is 0. The molecule has 1 heterocycles. The predicted molar refractivity (Wildman–Crippen MR) is 91.8 cm³/mol. The molecule has 2 rings (SSSR count). The second-order valence-corrected chi connectivity index (χ2v) is 6.32. The van der Waals surface area contributed by atoms with Gasteiger partial charge in [0.05, 0.1) is 20.8 Å². The Labute approximate surface area is 148 Å². The number of thiazole rings is 1. The maximum absolute atomic E-state index is 12.7. The van der Waals surface area contributed by atoms with Crippen molar-refractivity contribution >= 4 is 39.9 Å². The van der Waals surface area contributed by atoms with E-state index >= 15 is 0 Å². The van der Waals surface area contributed by atoms with Crippen LogP contribution in [0.4, 0.5) is 13.2 Å². The van der Waals surface area contributed by atoms with E-state index in [1.807, 2.05) is 7.05 Å². The van der Waals surface area contributed by atoms with Crippen molar-refractivity contribution < 1.29 is 18.0 Å². The quantitative estimate of drug-likeness (QED) is 0.834. The van der Waals surface area contributed by atoms with Crippen molar-refractivity contribution in [3.63, 3.8) is 0 Å². The van der Waals surface area contributed by atoms with Crippen molar-refractivity contribution in [2.24, 2.45) is 0 Å². The molecule has 24 heavy (non-hydrogen) atoms. The number of aromatic nitrogens is 1. The molecule has 0 radical (unpaired) electrons. The Hall–Kier alpha value is -1.38. The van der Waals surface area contributed by atoms with Gasteiger partial charge in [-0.15, -0.1) is 23.7 Å². The lowest BCUT2D eigenvalue weighted by molar-refractivity contribution is -0.137. The van der Waals surface area contributed by atoms with E-state index in [0.717, 1.165) is 12.1 Å². The lowest BCUT2D eigenvalue weighted by Crippen LogP contribution is -2.32. The predicted octanol–water partition coefficient (Wildman–Crippen LogP) is 3.35. The Kier molecular flexibility index (Phi) is 7.44. The molecule has 0 unspecified atom stereocenters. The smallest absolute Gasteiger partial charge is 0.344 e. The topological polar surface area (TPSA) is 45.2 Å². The van der Waals surface area contributed by atoms with Gasteiger partial charge in [0.1, 0.15) is 0 Å². The maximum atomic E-state index is 12.7. The summed E-state index contributed by atoms with van der Waals surface area (Å²) in [5, 5.41) is 3.64. The number of benzene rings is 1. The van der Waals surface area contributed by atoms with E-state index in [4.69, 9.17) is 0 Å². The van der Waals surface area contributed by atoms with Crippen LogP contribution in [0.15, 0.2) is 18.2 Å². The molecule has 0 aliphatic carbocycles. The second-order valence-electron chi connectivity index (χ2n) is 5.21. The zero-order chi connectivity index (χ0) is 17.0. The molecule has 0 aliphatic heterocycles. The molecule has 0 aliphatic rings. The van der Waals surface area contributed by atoms with Crippen molar-refractivity contribution in [2.45, 2.75) is 19.0 Å². The van der Waals surface area contributed by atoms with Gasteiger partial charge < -0.3 is 10.2 Å². The van der Waals surface area contributed by atoms with Gasteiger partial charge in [-0.1, -0.05) is 0 Å². The van der Waals surface area contributed by atoms with Gasteiger partial charge in [0, 0.05) is 33.0 Å². The standard InChI is InChI=1S/C15H18F3N3OS.ClH/c1-19-7-8-21(2)14(22)6-5-13-20-11-9-10(15(16,17)18)3-4-12(11)23-13;/h3-4,9,19H,5-8H2,1-2H3;1H. The number of carbonyl (C=O) groups excluding carboxylic acids is 1. The summed E-state index contributed by atoms with van der Waals surface area (Å²) < 4.78 is 38.8. The summed E-state index contributed by atoms with van der Waals surface area (Å²) >= 11 is 1.33. The van der Waals surface area contributed by atoms with E-state index in [9.17, 15) is 18.0 Å². The van der Waals surface area contributed by atoms with Crippen LogP contribution in [0, 0.1) is 0 Å². The second kappa shape index (κ2) is 8.64. The van der Waals surface area contributed by atoms with Crippen LogP contribution in [0.2, 0.25) is 0 Å². The number of hydrogen-bond acceptors (Lipinski definition) is 4. The summed E-state index contributed by atoms with van der Waals surface area (Å²) in [5.41, 5.74) is -0.375. The van der Waals surface area contributed by atoms with E-state index in [1.54, 1.807) is 11.9 Å². The lowest BCUT2D eigenvalue weighted by Gasteiger charge is -2.16. The van der Waals surface area contributed by atoms with E-state index in [2.05, 4.69) is 10.3 Å². The van der Waals surface area contributed by atoms with E-state index in [1.165, 1.54) is 17.4 Å². The Morgan fingerprint density at radius 3 is 2.71 bits per heavy atom. The zero-order valence-electron chi connectivity index (χ0n) is 13.3. The fourth-order valence-corrected chi connectivity index (χ4v) is 3.01. The van der Waals surface area contributed by atoms with Gasteiger partial charge >= 0.3 is 6.18 Å². The van der Waals surface area contributed by atoms with Crippen LogP contribution in [0.25, 0.3) is 10.2 Å². The first kappa shape index (κ1) is 20.7. The Bertz CT molecular complexity index is 690. The number of aryl methyl sites for hydroxylation is 1. The molecular weight excluding hydrogens is 363 g/mol. The molecule has 0 atom stereocenters. The molecule has 2 aromatic rings. The molecule has 1 aromatic carbocycles. The first-order chi connectivity index (χ1) is 10.8. The van der Waals surface area contributed by atoms with E-state index in [-0.39, 0.29) is 18.3 Å². The molecular formula is C15H19ClF3N3OS. The first-order valence-electron chi connectivity index (χ1n) is 7.16. The van der Waals surface area contributed by atoms with Gasteiger partial charge in [-0.3, -0.25) is 4.79 Å². The summed E-state index contributed by atoms with van der Waals surface area (Å²) in [4.78, 5) is 17.8. The summed E-state index contributed by atoms with van der Waals surface area (Å²) in [7, 11) is 3.54. The number of amides is 1. The third-order valence-electron chi connectivity index (χ3n) is 3.43. The molecule has 134 valence electrons. The number of fused-ring (bicyclic) bond motifs is 1. The van der Waals surface area contributed by atoms with Crippen molar-refractivity contribution in [1.29, 1.82) is 0 Å². The van der Waals surface area contributed by atoms with Gasteiger partial charge in [0.25, 0.3) is 0 Å². The molecule has 1 N–H and O–H groups in total. The van der Waals surface area contributed by atoms with Gasteiger partial charge in [-0.25, -0.2) is 4.98 Å². The Balaban J connectivity index is 0.00000288. The number of rotatable bonds is 6. The Morgan fingerprint density at radius 2 is 2.08 bits per heavy atom. The number of halogens is 4. The SMILES string of the molecule is CNCCN(C)C(=O)CCc1nc2cc(C(F)(F)F)ccc2s1.Cl. The average molecular weight is 382 g/mol. The number of likely N-dealkylation sites (N-methyl/N-ethyl adjacent to an activating group) is 2. The van der Waals surface area contributed by atoms with Gasteiger partial charge in [-0.05, 0) is 25.2 Å². The maximum Gasteiger partial charge on any atom is 0.416 e. The van der Waals surface area contributed by atoms with Gasteiger partial charge in [0.15, 0.2) is 0 Å². The highest BCUT2D eigenvalue weighted by Gasteiger charge is 2.30. The summed E-state index contributed by atoms with van der Waals surface area (Å²) in [5.74, 6) is -0.00418. The number of carbonyl (C=O) groups is 1. The first-order valence-corrected chi connectivity index (χ1v) is 7.98. The van der Waals surface area contributed by atoms with Crippen LogP contribution < -0.4 is 5.32 Å². The van der Waals surface area contributed by atoms with Crippen molar-refractivity contribution in [3.05, 3.63) is 28.8 Å². The molecule has 1 amide bonds. The summed E-state index contributed by atoms with van der Waals surface area (Å²) in [6.45, 7) is 1.33. The minimum atomic E-state index is -4.37. The number of nitrogens with one attached hydrogen (secondary N) is 1. The molecule has 4 nitrogen and oxygen atoms in total. The monoisotopic (exact) mass is 381 g/mol. The third-order valence-corrected chi connectivity index (χ3v) is 4.53. The normalized spacial score (nSPS) is 11.4. The molecule has 0 fully saturated rings. The van der Waals surface area contributed by atoms with Crippen molar-refractivity contribution in [1.82, 2.24) is 15.2 Å². The lowest BCUT2D eigenvalue weighted by atomic mass is 10.2. The number of alkyl halides is 3. The van der Waals surface area contributed by atoms with Crippen molar-refractivity contribution in [3.8, 4) is 0 Å². The van der Waals surface area contributed by atoms with Crippen LogP contribution in [0.1, 0.15) is 17.0 Å². The molecule has 0 saturated heterocycles. The highest BCUT2D eigenvalue weighted by molar-refractivity contribution is 7.18. The Morgan fingerprint density at radius 1 is 1.38 bits per heavy atom. The highest BCUT2D eigenvalue weighted by Crippen LogP contribution is 2.33. The zero-order valence-corrected chi connectivity index (χ0v) is 14.9. The number of nitrogens with zero attached hydrogens (tertiary/aromatic N) is 2. The van der Waals surface area contributed by atoms with Gasteiger partial charge in [0.2, 0.25) is 5.91 Å². The van der Waals surface area contributed by atoms with Crippen LogP contribution in [-0.4, -0.2) is 43.0 Å². The molecule has 0 spiro atoms. The molecule has 0 bridgehead atoms. The van der Waals surface area contributed by atoms with Gasteiger partial charge in [-0.2, -0.15) is 13.2 Å². The van der Waals surface area contributed by atoms with Crippen LogP contribution in [0.5, 0.6) is 0 Å². The average Bonchev–Trinajstić information content (AvgIpc) is 2.91. The third kappa shape index (κ3) is 5.32. The summed E-state index contributed by atoms with van der Waals surface area (Å²) in [6, 6.07) is 3.54. The van der Waals surface area contributed by atoms with Crippen LogP contribution in [0.3, 0.4) is 0 Å². The van der Waals surface area contributed by atoms with Crippen LogP contribution >= 0.6 is 23.7 Å². The largest absolute Gasteiger partial charge is 0.416 e. The molecule has 0 saturated carbocycles. The van der Waals surface area contributed by atoms with Crippen molar-refractivity contribution in [2.75, 3.05) is 27.2 Å². The van der Waals surface area contributed by atoms with Crippen LogP contribution in [-0.2, 0) is 17.4 Å². The fraction of sp³-hybridized carbons (Fsp3) is 0.467. The minimum Gasteiger partial charge on any atom is -0.344 e. The molecule has 1 aromatic heterocycles. The summed E-state index contributed by atoms with van der Waals surface area (Å²) in [6.07, 6.45) is -3.64. The molecule has 9 heteroatoms. The van der Waals surface area contributed by atoms with E-state index < -0.39 is 11.7 Å².